The lowest BCUT2D eigenvalue weighted by Gasteiger charge is -2.27. The predicted molar refractivity (Wildman–Crippen MR) is 85.3 cm³/mol. The molecule has 0 aromatic carbocycles. The molecule has 1 aliphatic heterocycles. The van der Waals surface area contributed by atoms with Gasteiger partial charge in [-0.15, -0.1) is 0 Å². The van der Waals surface area contributed by atoms with Crippen LogP contribution in [-0.2, 0) is 31.4 Å². The van der Waals surface area contributed by atoms with Crippen LogP contribution in [-0.4, -0.2) is 38.9 Å². The standard InChI is InChI=1S/C17H22N4O3/c1-11-14(7-18-24-11)17(22)21-6-5-13-15(10-23-9-12-3-4-12)19-20(2)16(13)8-21/h7,12H,3-6,8-10H2,1-2H3. The summed E-state index contributed by atoms with van der Waals surface area (Å²) in [7, 11) is 1.93. The molecule has 128 valence electrons. The fourth-order valence-electron chi connectivity index (χ4n) is 3.23. The SMILES string of the molecule is Cc1oncc1C(=O)N1CCc2c(COCC3CC3)nn(C)c2C1. The average Bonchev–Trinajstić information content (AvgIpc) is 3.22. The molecule has 2 aromatic rings. The Morgan fingerprint density at radius 1 is 1.46 bits per heavy atom. The molecular formula is C17H22N4O3. The Hall–Kier alpha value is -2.15. The average molecular weight is 330 g/mol. The Labute approximate surface area is 140 Å². The van der Waals surface area contributed by atoms with Crippen LogP contribution in [0.4, 0.5) is 0 Å². The van der Waals surface area contributed by atoms with Crippen LogP contribution in [0.3, 0.4) is 0 Å². The van der Waals surface area contributed by atoms with Crippen LogP contribution in [0.1, 0.15) is 45.9 Å². The molecule has 0 unspecified atom stereocenters. The topological polar surface area (TPSA) is 73.4 Å². The van der Waals surface area contributed by atoms with Crippen molar-refractivity contribution in [1.82, 2.24) is 19.8 Å². The van der Waals surface area contributed by atoms with Gasteiger partial charge < -0.3 is 14.2 Å². The molecule has 3 heterocycles. The lowest BCUT2D eigenvalue weighted by molar-refractivity contribution is 0.0727. The number of amides is 1. The number of aromatic nitrogens is 3. The van der Waals surface area contributed by atoms with E-state index in [1.165, 1.54) is 24.6 Å². The van der Waals surface area contributed by atoms with E-state index >= 15 is 0 Å². The van der Waals surface area contributed by atoms with Gasteiger partial charge in [-0.05, 0) is 32.1 Å². The Kier molecular flexibility index (Phi) is 3.88. The number of rotatable bonds is 5. The first kappa shape index (κ1) is 15.4. The highest BCUT2D eigenvalue weighted by molar-refractivity contribution is 5.94. The summed E-state index contributed by atoms with van der Waals surface area (Å²) < 4.78 is 12.7. The van der Waals surface area contributed by atoms with Gasteiger partial charge in [0.05, 0.1) is 30.7 Å². The van der Waals surface area contributed by atoms with Crippen molar-refractivity contribution in [2.24, 2.45) is 13.0 Å². The van der Waals surface area contributed by atoms with Gasteiger partial charge in [-0.25, -0.2) is 0 Å². The second-order valence-electron chi connectivity index (χ2n) is 6.73. The van der Waals surface area contributed by atoms with Gasteiger partial charge in [0.25, 0.3) is 5.91 Å². The van der Waals surface area contributed by atoms with Crippen molar-refractivity contribution in [1.29, 1.82) is 0 Å². The molecule has 2 aliphatic rings. The molecule has 2 aromatic heterocycles. The molecule has 7 nitrogen and oxygen atoms in total. The summed E-state index contributed by atoms with van der Waals surface area (Å²) in [6.07, 6.45) is 4.88. The highest BCUT2D eigenvalue weighted by atomic mass is 16.5. The van der Waals surface area contributed by atoms with Crippen molar-refractivity contribution in [3.8, 4) is 0 Å². The van der Waals surface area contributed by atoms with Crippen molar-refractivity contribution in [2.75, 3.05) is 13.2 Å². The van der Waals surface area contributed by atoms with Crippen LogP contribution in [0.5, 0.6) is 0 Å². The Morgan fingerprint density at radius 3 is 3.00 bits per heavy atom. The van der Waals surface area contributed by atoms with Crippen molar-refractivity contribution in [2.45, 2.75) is 39.3 Å². The van der Waals surface area contributed by atoms with Gasteiger partial charge in [0.1, 0.15) is 11.3 Å². The summed E-state index contributed by atoms with van der Waals surface area (Å²) in [5, 5.41) is 8.31. The molecule has 0 atom stereocenters. The number of fused-ring (bicyclic) bond motifs is 1. The van der Waals surface area contributed by atoms with E-state index in [0.717, 1.165) is 30.3 Å². The van der Waals surface area contributed by atoms with Gasteiger partial charge in [-0.2, -0.15) is 5.10 Å². The zero-order valence-corrected chi connectivity index (χ0v) is 14.1. The lowest BCUT2D eigenvalue weighted by Crippen LogP contribution is -2.36. The molecule has 4 rings (SSSR count). The first-order valence-corrected chi connectivity index (χ1v) is 8.45. The molecule has 0 bridgehead atoms. The molecular weight excluding hydrogens is 308 g/mol. The van der Waals surface area contributed by atoms with Crippen LogP contribution in [0.15, 0.2) is 10.7 Å². The van der Waals surface area contributed by atoms with E-state index in [0.29, 0.717) is 31.0 Å². The molecule has 24 heavy (non-hydrogen) atoms. The minimum Gasteiger partial charge on any atom is -0.375 e. The Bertz CT molecular complexity index is 760. The maximum Gasteiger partial charge on any atom is 0.259 e. The minimum absolute atomic E-state index is 0.0351. The van der Waals surface area contributed by atoms with E-state index in [-0.39, 0.29) is 5.91 Å². The second-order valence-corrected chi connectivity index (χ2v) is 6.73. The van der Waals surface area contributed by atoms with E-state index < -0.39 is 0 Å². The molecule has 1 saturated carbocycles. The predicted octanol–water partition coefficient (Wildman–Crippen LogP) is 1.84. The number of ether oxygens (including phenoxy) is 1. The molecule has 0 radical (unpaired) electrons. The number of aryl methyl sites for hydroxylation is 2. The van der Waals surface area contributed by atoms with Crippen LogP contribution in [0, 0.1) is 12.8 Å². The maximum absolute atomic E-state index is 12.6. The first-order valence-electron chi connectivity index (χ1n) is 8.45. The highest BCUT2D eigenvalue weighted by Crippen LogP contribution is 2.30. The number of carbonyl (C=O) groups excluding carboxylic acids is 1. The summed E-state index contributed by atoms with van der Waals surface area (Å²) in [6.45, 7) is 4.40. The number of hydrogen-bond acceptors (Lipinski definition) is 5. The largest absolute Gasteiger partial charge is 0.375 e. The Balaban J connectivity index is 1.47. The normalized spacial score (nSPS) is 17.2. The lowest BCUT2D eigenvalue weighted by atomic mass is 10.0. The number of nitrogens with zero attached hydrogens (tertiary/aromatic N) is 4. The minimum atomic E-state index is -0.0351. The van der Waals surface area contributed by atoms with E-state index in [4.69, 9.17) is 9.26 Å². The Morgan fingerprint density at radius 2 is 2.29 bits per heavy atom. The number of hydrogen-bond donors (Lipinski definition) is 0. The van der Waals surface area contributed by atoms with Crippen molar-refractivity contribution in [3.05, 3.63) is 34.5 Å². The van der Waals surface area contributed by atoms with Crippen LogP contribution in [0.25, 0.3) is 0 Å². The van der Waals surface area contributed by atoms with Gasteiger partial charge in [-0.1, -0.05) is 5.16 Å². The third kappa shape index (κ3) is 2.84. The van der Waals surface area contributed by atoms with Crippen molar-refractivity contribution < 1.29 is 14.1 Å². The smallest absolute Gasteiger partial charge is 0.259 e. The van der Waals surface area contributed by atoms with Crippen molar-refractivity contribution >= 4 is 5.91 Å². The first-order chi connectivity index (χ1) is 11.6. The van der Waals surface area contributed by atoms with Crippen LogP contribution >= 0.6 is 0 Å². The van der Waals surface area contributed by atoms with Gasteiger partial charge >= 0.3 is 0 Å². The third-order valence-electron chi connectivity index (χ3n) is 4.89. The number of carbonyl (C=O) groups is 1. The fraction of sp³-hybridized carbons (Fsp3) is 0.588. The molecule has 0 saturated heterocycles. The van der Waals surface area contributed by atoms with Gasteiger partial charge in [-0.3, -0.25) is 9.48 Å². The van der Waals surface area contributed by atoms with Crippen LogP contribution in [0.2, 0.25) is 0 Å². The second kappa shape index (κ2) is 6.05. The molecule has 1 fully saturated rings. The summed E-state index contributed by atoms with van der Waals surface area (Å²) in [4.78, 5) is 14.5. The maximum atomic E-state index is 12.6. The molecule has 7 heteroatoms. The zero-order valence-electron chi connectivity index (χ0n) is 14.1. The summed E-state index contributed by atoms with van der Waals surface area (Å²) in [5.74, 6) is 1.28. The highest BCUT2D eigenvalue weighted by Gasteiger charge is 2.29. The molecule has 1 aliphatic carbocycles. The molecule has 0 N–H and O–H groups in total. The fourth-order valence-corrected chi connectivity index (χ4v) is 3.23. The van der Waals surface area contributed by atoms with E-state index in [9.17, 15) is 4.79 Å². The molecule has 1 amide bonds. The zero-order chi connectivity index (χ0) is 16.7. The van der Waals surface area contributed by atoms with E-state index in [1.54, 1.807) is 6.92 Å². The quantitative estimate of drug-likeness (QED) is 0.836. The van der Waals surface area contributed by atoms with Crippen molar-refractivity contribution in [3.63, 3.8) is 0 Å². The molecule has 0 spiro atoms. The van der Waals surface area contributed by atoms with Crippen LogP contribution < -0.4 is 0 Å². The summed E-state index contributed by atoms with van der Waals surface area (Å²) >= 11 is 0. The monoisotopic (exact) mass is 330 g/mol. The summed E-state index contributed by atoms with van der Waals surface area (Å²) in [5.41, 5.74) is 3.88. The van der Waals surface area contributed by atoms with Gasteiger partial charge in [0.15, 0.2) is 0 Å². The van der Waals surface area contributed by atoms with E-state index in [2.05, 4.69) is 10.3 Å². The van der Waals surface area contributed by atoms with Gasteiger partial charge in [0.2, 0.25) is 0 Å². The summed E-state index contributed by atoms with van der Waals surface area (Å²) in [6, 6.07) is 0. The third-order valence-corrected chi connectivity index (χ3v) is 4.89. The van der Waals surface area contributed by atoms with Gasteiger partial charge in [0, 0.05) is 25.8 Å². The van der Waals surface area contributed by atoms with E-state index in [1.807, 2.05) is 16.6 Å².